The number of nitrogens with zero attached hydrogens (tertiary/aromatic N) is 1. The molecule has 0 amide bonds. The Morgan fingerprint density at radius 1 is 1.24 bits per heavy atom. The van der Waals surface area contributed by atoms with Gasteiger partial charge in [-0.1, -0.05) is 23.7 Å². The number of pyridine rings is 1. The summed E-state index contributed by atoms with van der Waals surface area (Å²) in [6.45, 7) is 1.89. The largest absolute Gasteiger partial charge is 0.493 e. The normalized spacial score (nSPS) is 19.0. The molecule has 3 heterocycles. The van der Waals surface area contributed by atoms with Crippen LogP contribution in [0.15, 0.2) is 28.7 Å². The summed E-state index contributed by atoms with van der Waals surface area (Å²) in [6.07, 6.45) is 0. The van der Waals surface area contributed by atoms with Gasteiger partial charge >= 0.3 is 0 Å². The fourth-order valence-electron chi connectivity index (χ4n) is 2.79. The average molecular weight is 368 g/mol. The van der Waals surface area contributed by atoms with Crippen LogP contribution in [0.3, 0.4) is 0 Å². The summed E-state index contributed by atoms with van der Waals surface area (Å²) in [5, 5.41) is 3.73. The topological polar surface area (TPSA) is 43.4 Å². The fraction of sp³-hybridized carbons (Fsp3) is 0.267. The van der Waals surface area contributed by atoms with Crippen molar-refractivity contribution in [3.8, 4) is 11.5 Å². The van der Waals surface area contributed by atoms with Gasteiger partial charge in [0.15, 0.2) is 11.6 Å². The van der Waals surface area contributed by atoms with Gasteiger partial charge in [0, 0.05) is 18.2 Å². The van der Waals surface area contributed by atoms with Crippen LogP contribution in [0.1, 0.15) is 17.0 Å². The van der Waals surface area contributed by atoms with Crippen LogP contribution in [0.4, 0.5) is 5.82 Å². The van der Waals surface area contributed by atoms with Crippen molar-refractivity contribution < 1.29 is 9.47 Å². The summed E-state index contributed by atoms with van der Waals surface area (Å²) in [6, 6.07) is 7.98. The number of rotatable bonds is 0. The van der Waals surface area contributed by atoms with Crippen LogP contribution >= 0.6 is 27.5 Å². The van der Waals surface area contributed by atoms with Gasteiger partial charge in [0.05, 0.1) is 23.6 Å². The van der Waals surface area contributed by atoms with Crippen LogP contribution < -0.4 is 14.8 Å². The summed E-state index contributed by atoms with van der Waals surface area (Å²) in [7, 11) is 0. The van der Waals surface area contributed by atoms with Crippen LogP contribution in [-0.2, 0) is 6.54 Å². The third-order valence-corrected chi connectivity index (χ3v) is 4.91. The summed E-state index contributed by atoms with van der Waals surface area (Å²) in [5.74, 6) is 2.58. The van der Waals surface area contributed by atoms with E-state index >= 15 is 0 Å². The molecule has 0 spiro atoms. The standard InChI is InChI=1S/C15H12BrClN2O2/c16-10-4-12-15(19-14(10)17)18-5-8-2-1-3-11-13(8)9(6-20-11)7-21-12/h1-4,9H,5-7H2,(H,18,19)/t9-/m1/s1. The SMILES string of the molecule is Clc1nc2c(cc1Br)OC[C@H]1COc3cccc(c31)CN2. The molecule has 2 aromatic rings. The van der Waals surface area contributed by atoms with Crippen LogP contribution in [-0.4, -0.2) is 18.2 Å². The van der Waals surface area contributed by atoms with Crippen LogP contribution in [0, 0.1) is 0 Å². The third kappa shape index (κ3) is 2.24. The molecule has 1 N–H and O–H groups in total. The summed E-state index contributed by atoms with van der Waals surface area (Å²) in [5.41, 5.74) is 2.45. The number of halogens is 2. The minimum atomic E-state index is 0.249. The Balaban J connectivity index is 1.78. The molecular weight excluding hydrogens is 356 g/mol. The summed E-state index contributed by atoms with van der Waals surface area (Å²) < 4.78 is 12.4. The molecule has 6 heteroatoms. The highest BCUT2D eigenvalue weighted by atomic mass is 79.9. The second kappa shape index (κ2) is 5.07. The van der Waals surface area contributed by atoms with E-state index in [9.17, 15) is 0 Å². The Bertz CT molecular complexity index is 723. The summed E-state index contributed by atoms with van der Waals surface area (Å²) >= 11 is 9.45. The van der Waals surface area contributed by atoms with Gasteiger partial charge in [0.25, 0.3) is 0 Å². The second-order valence-corrected chi connectivity index (χ2v) is 6.32. The zero-order valence-corrected chi connectivity index (χ0v) is 13.4. The quantitative estimate of drug-likeness (QED) is 0.715. The molecule has 1 atom stereocenters. The first-order chi connectivity index (χ1) is 10.2. The van der Waals surface area contributed by atoms with Crippen molar-refractivity contribution in [2.75, 3.05) is 18.5 Å². The molecule has 0 aliphatic carbocycles. The first kappa shape index (κ1) is 13.2. The number of anilines is 1. The van der Waals surface area contributed by atoms with Gasteiger partial charge in [0.1, 0.15) is 10.9 Å². The zero-order valence-electron chi connectivity index (χ0n) is 11.0. The van der Waals surface area contributed by atoms with E-state index in [0.717, 1.165) is 10.2 Å². The molecule has 2 aliphatic heterocycles. The fourth-order valence-corrected chi connectivity index (χ4v) is 3.23. The first-order valence-electron chi connectivity index (χ1n) is 6.69. The van der Waals surface area contributed by atoms with E-state index in [1.165, 1.54) is 11.1 Å². The van der Waals surface area contributed by atoms with Gasteiger partial charge in [-0.15, -0.1) is 0 Å². The molecule has 0 fully saturated rings. The summed E-state index contributed by atoms with van der Waals surface area (Å²) in [4.78, 5) is 4.35. The van der Waals surface area contributed by atoms with Gasteiger partial charge in [-0.2, -0.15) is 0 Å². The maximum Gasteiger partial charge on any atom is 0.170 e. The highest BCUT2D eigenvalue weighted by molar-refractivity contribution is 9.10. The lowest BCUT2D eigenvalue weighted by molar-refractivity contribution is 0.249. The maximum atomic E-state index is 6.07. The van der Waals surface area contributed by atoms with E-state index < -0.39 is 0 Å². The molecule has 0 saturated heterocycles. The van der Waals surface area contributed by atoms with Crippen molar-refractivity contribution in [2.24, 2.45) is 0 Å². The second-order valence-electron chi connectivity index (χ2n) is 5.11. The Hall–Kier alpha value is -1.46. The van der Waals surface area contributed by atoms with Crippen molar-refractivity contribution in [3.63, 3.8) is 0 Å². The molecule has 0 unspecified atom stereocenters. The highest BCUT2D eigenvalue weighted by Gasteiger charge is 2.29. The smallest absolute Gasteiger partial charge is 0.170 e. The maximum absolute atomic E-state index is 6.07. The molecule has 108 valence electrons. The Morgan fingerprint density at radius 2 is 2.05 bits per heavy atom. The molecule has 1 aromatic carbocycles. The molecule has 4 nitrogen and oxygen atoms in total. The Morgan fingerprint density at radius 3 is 2.90 bits per heavy atom. The lowest BCUT2D eigenvalue weighted by atomic mass is 9.96. The number of hydrogen-bond donors (Lipinski definition) is 1. The van der Waals surface area contributed by atoms with Crippen molar-refractivity contribution in [1.82, 2.24) is 4.98 Å². The molecule has 21 heavy (non-hydrogen) atoms. The molecule has 1 aromatic heterocycles. The van der Waals surface area contributed by atoms with Crippen LogP contribution in [0.5, 0.6) is 11.5 Å². The lowest BCUT2D eigenvalue weighted by Crippen LogP contribution is -2.12. The van der Waals surface area contributed by atoms with E-state index in [4.69, 9.17) is 21.1 Å². The average Bonchev–Trinajstić information content (AvgIpc) is 2.91. The van der Waals surface area contributed by atoms with Gasteiger partial charge in [-0.25, -0.2) is 4.98 Å². The van der Waals surface area contributed by atoms with Crippen LogP contribution in [0.2, 0.25) is 5.15 Å². The molecule has 4 rings (SSSR count). The van der Waals surface area contributed by atoms with E-state index in [1.54, 1.807) is 0 Å². The predicted molar refractivity (Wildman–Crippen MR) is 84.4 cm³/mol. The van der Waals surface area contributed by atoms with Gasteiger partial charge in [-0.05, 0) is 27.6 Å². The van der Waals surface area contributed by atoms with Crippen molar-refractivity contribution >= 4 is 33.3 Å². The minimum absolute atomic E-state index is 0.249. The number of nitrogens with one attached hydrogen (secondary N) is 1. The van der Waals surface area contributed by atoms with Crippen molar-refractivity contribution in [1.29, 1.82) is 0 Å². The Labute approximate surface area is 135 Å². The van der Waals surface area contributed by atoms with E-state index in [2.05, 4.69) is 32.3 Å². The number of fused-ring (bicyclic) bond motifs is 1. The van der Waals surface area contributed by atoms with Crippen molar-refractivity contribution in [2.45, 2.75) is 12.5 Å². The first-order valence-corrected chi connectivity index (χ1v) is 7.87. The number of hydrogen-bond acceptors (Lipinski definition) is 4. The van der Waals surface area contributed by atoms with Gasteiger partial charge in [0.2, 0.25) is 0 Å². The molecule has 0 bridgehead atoms. The molecule has 0 radical (unpaired) electrons. The molecular formula is C15H12BrClN2O2. The molecule has 2 aliphatic rings. The van der Waals surface area contributed by atoms with Crippen molar-refractivity contribution in [3.05, 3.63) is 45.0 Å². The molecule has 0 saturated carbocycles. The Kier molecular flexibility index (Phi) is 3.19. The van der Waals surface area contributed by atoms with E-state index in [0.29, 0.717) is 36.5 Å². The minimum Gasteiger partial charge on any atom is -0.493 e. The van der Waals surface area contributed by atoms with E-state index in [-0.39, 0.29) is 5.92 Å². The lowest BCUT2D eigenvalue weighted by Gasteiger charge is -2.13. The number of benzene rings is 1. The predicted octanol–water partition coefficient (Wildman–Crippen LogP) is 3.98. The highest BCUT2D eigenvalue weighted by Crippen LogP contribution is 2.40. The van der Waals surface area contributed by atoms with Gasteiger partial charge in [-0.3, -0.25) is 0 Å². The van der Waals surface area contributed by atoms with Crippen LogP contribution in [0.25, 0.3) is 0 Å². The van der Waals surface area contributed by atoms with E-state index in [1.807, 2.05) is 18.2 Å². The third-order valence-electron chi connectivity index (χ3n) is 3.79. The number of ether oxygens (including phenoxy) is 2. The van der Waals surface area contributed by atoms with Gasteiger partial charge < -0.3 is 14.8 Å². The zero-order chi connectivity index (χ0) is 14.4. The number of aromatic nitrogens is 1. The monoisotopic (exact) mass is 366 g/mol.